The Morgan fingerprint density at radius 1 is 1.00 bits per heavy atom. The molecule has 1 amide bonds. The highest BCUT2D eigenvalue weighted by molar-refractivity contribution is 5.83. The Hall–Kier alpha value is -2.13. The van der Waals surface area contributed by atoms with Crippen molar-refractivity contribution in [2.24, 2.45) is 5.92 Å². The van der Waals surface area contributed by atoms with Crippen LogP contribution >= 0.6 is 0 Å². The van der Waals surface area contributed by atoms with E-state index in [0.717, 1.165) is 32.5 Å². The molecule has 1 heterocycles. The maximum atomic E-state index is 12.7. The number of benzene rings is 2. The first kappa shape index (κ1) is 16.3. The van der Waals surface area contributed by atoms with E-state index in [1.54, 1.807) is 0 Å². The van der Waals surface area contributed by atoms with Gasteiger partial charge in [-0.05, 0) is 36.3 Å². The molecule has 2 aliphatic rings. The van der Waals surface area contributed by atoms with Crippen LogP contribution in [0.3, 0.4) is 0 Å². The zero-order chi connectivity index (χ0) is 17.1. The van der Waals surface area contributed by atoms with Crippen LogP contribution in [0.5, 0.6) is 0 Å². The molecule has 0 spiro atoms. The molecule has 2 fully saturated rings. The van der Waals surface area contributed by atoms with Crippen LogP contribution in [0.25, 0.3) is 0 Å². The molecule has 1 aliphatic carbocycles. The van der Waals surface area contributed by atoms with E-state index in [0.29, 0.717) is 12.5 Å². The fraction of sp³-hybridized carbons (Fsp3) is 0.409. The van der Waals surface area contributed by atoms with Crippen molar-refractivity contribution in [3.63, 3.8) is 0 Å². The second-order valence-electron chi connectivity index (χ2n) is 7.34. The number of carbonyl (C=O) groups excluding carboxylic acids is 1. The van der Waals surface area contributed by atoms with E-state index in [9.17, 15) is 4.79 Å². The molecule has 0 radical (unpaired) electrons. The molecule has 130 valence electrons. The third-order valence-corrected chi connectivity index (χ3v) is 5.79. The lowest BCUT2D eigenvalue weighted by Crippen LogP contribution is -2.45. The summed E-state index contributed by atoms with van der Waals surface area (Å²) in [6.45, 7) is 2.24. The van der Waals surface area contributed by atoms with Crippen LogP contribution in [0.15, 0.2) is 60.7 Å². The minimum Gasteiger partial charge on any atom is -0.381 e. The molecule has 4 rings (SSSR count). The summed E-state index contributed by atoms with van der Waals surface area (Å²) < 4.78 is 5.58. The number of rotatable bonds is 5. The molecule has 3 nitrogen and oxygen atoms in total. The van der Waals surface area contributed by atoms with Gasteiger partial charge in [0.2, 0.25) is 5.91 Å². The van der Waals surface area contributed by atoms with Gasteiger partial charge in [-0.3, -0.25) is 4.79 Å². The first-order valence-corrected chi connectivity index (χ1v) is 9.24. The Morgan fingerprint density at radius 2 is 1.64 bits per heavy atom. The standard InChI is InChI=1S/C22H25NO2/c24-21(20-15-19(20)17-7-3-1-4-8-17)23-16-22(11-13-25-14-12-22)18-9-5-2-6-10-18/h1-10,19-20H,11-16H2,(H,23,24)/t19-,20-/m0/s1. The second-order valence-corrected chi connectivity index (χ2v) is 7.34. The molecule has 0 bridgehead atoms. The molecule has 2 aromatic carbocycles. The van der Waals surface area contributed by atoms with Crippen LogP contribution in [-0.2, 0) is 14.9 Å². The van der Waals surface area contributed by atoms with Crippen LogP contribution in [0.4, 0.5) is 0 Å². The molecule has 3 heteroatoms. The zero-order valence-corrected chi connectivity index (χ0v) is 14.5. The summed E-state index contributed by atoms with van der Waals surface area (Å²) in [7, 11) is 0. The number of amides is 1. The highest BCUT2D eigenvalue weighted by Gasteiger charge is 2.44. The van der Waals surface area contributed by atoms with Crippen LogP contribution in [0.2, 0.25) is 0 Å². The SMILES string of the molecule is O=C(NCC1(c2ccccc2)CCOCC1)[C@H]1C[C@H]1c1ccccc1. The summed E-state index contributed by atoms with van der Waals surface area (Å²) in [5.74, 6) is 0.731. The molecule has 0 unspecified atom stereocenters. The van der Waals surface area contributed by atoms with E-state index in [1.165, 1.54) is 11.1 Å². The average molecular weight is 335 g/mol. The topological polar surface area (TPSA) is 38.3 Å². The average Bonchev–Trinajstić information content (AvgIpc) is 3.49. The predicted molar refractivity (Wildman–Crippen MR) is 98.5 cm³/mol. The van der Waals surface area contributed by atoms with E-state index in [1.807, 2.05) is 12.1 Å². The van der Waals surface area contributed by atoms with Gasteiger partial charge in [-0.25, -0.2) is 0 Å². The molecular formula is C22H25NO2. The summed E-state index contributed by atoms with van der Waals surface area (Å²) >= 11 is 0. The summed E-state index contributed by atoms with van der Waals surface area (Å²) in [5, 5.41) is 3.26. The molecule has 1 saturated heterocycles. The quantitative estimate of drug-likeness (QED) is 0.906. The fourth-order valence-electron chi connectivity index (χ4n) is 4.06. The number of hydrogen-bond donors (Lipinski definition) is 1. The van der Waals surface area contributed by atoms with Crippen LogP contribution in [-0.4, -0.2) is 25.7 Å². The fourth-order valence-corrected chi connectivity index (χ4v) is 4.06. The van der Waals surface area contributed by atoms with E-state index in [2.05, 4.69) is 53.8 Å². The largest absolute Gasteiger partial charge is 0.381 e. The number of hydrogen-bond acceptors (Lipinski definition) is 2. The lowest BCUT2D eigenvalue weighted by Gasteiger charge is -2.38. The minimum absolute atomic E-state index is 0.00625. The van der Waals surface area contributed by atoms with Crippen molar-refractivity contribution < 1.29 is 9.53 Å². The Bertz CT molecular complexity index is 707. The Morgan fingerprint density at radius 3 is 2.32 bits per heavy atom. The number of carbonyl (C=O) groups is 1. The van der Waals surface area contributed by atoms with Crippen molar-refractivity contribution in [1.82, 2.24) is 5.32 Å². The summed E-state index contributed by atoms with van der Waals surface area (Å²) in [4.78, 5) is 12.7. The van der Waals surface area contributed by atoms with E-state index >= 15 is 0 Å². The highest BCUT2D eigenvalue weighted by atomic mass is 16.5. The molecular weight excluding hydrogens is 310 g/mol. The Kier molecular flexibility index (Phi) is 4.58. The summed E-state index contributed by atoms with van der Waals surface area (Å²) in [6, 6.07) is 21.0. The van der Waals surface area contributed by atoms with Crippen molar-refractivity contribution in [2.75, 3.05) is 19.8 Å². The minimum atomic E-state index is 0.00625. The van der Waals surface area contributed by atoms with Gasteiger partial charge >= 0.3 is 0 Å². The molecule has 25 heavy (non-hydrogen) atoms. The monoisotopic (exact) mass is 335 g/mol. The maximum absolute atomic E-state index is 12.7. The van der Waals surface area contributed by atoms with E-state index in [-0.39, 0.29) is 17.2 Å². The van der Waals surface area contributed by atoms with E-state index in [4.69, 9.17) is 4.74 Å². The van der Waals surface area contributed by atoms with Crippen LogP contribution in [0.1, 0.15) is 36.3 Å². The first-order valence-electron chi connectivity index (χ1n) is 9.24. The van der Waals surface area contributed by atoms with Gasteiger partial charge in [0.1, 0.15) is 0 Å². The van der Waals surface area contributed by atoms with Crippen LogP contribution < -0.4 is 5.32 Å². The smallest absolute Gasteiger partial charge is 0.223 e. The van der Waals surface area contributed by atoms with Gasteiger partial charge < -0.3 is 10.1 Å². The van der Waals surface area contributed by atoms with Crippen molar-refractivity contribution in [1.29, 1.82) is 0 Å². The molecule has 1 aliphatic heterocycles. The summed E-state index contributed by atoms with van der Waals surface area (Å²) in [5.41, 5.74) is 2.60. The van der Waals surface area contributed by atoms with Gasteiger partial charge in [0.05, 0.1) is 0 Å². The normalized spacial score (nSPS) is 24.5. The van der Waals surface area contributed by atoms with Gasteiger partial charge in [0.25, 0.3) is 0 Å². The van der Waals surface area contributed by atoms with Crippen LogP contribution in [0, 0.1) is 5.92 Å². The number of ether oxygens (including phenoxy) is 1. The van der Waals surface area contributed by atoms with Crippen molar-refractivity contribution in [3.05, 3.63) is 71.8 Å². The van der Waals surface area contributed by atoms with Crippen molar-refractivity contribution >= 4 is 5.91 Å². The molecule has 0 aromatic heterocycles. The Labute approximate surface area is 149 Å². The lowest BCUT2D eigenvalue weighted by molar-refractivity contribution is -0.122. The molecule has 2 aromatic rings. The second kappa shape index (κ2) is 7.01. The van der Waals surface area contributed by atoms with Gasteiger partial charge in [-0.15, -0.1) is 0 Å². The highest BCUT2D eigenvalue weighted by Crippen LogP contribution is 2.47. The molecule has 1 N–H and O–H groups in total. The molecule has 1 saturated carbocycles. The zero-order valence-electron chi connectivity index (χ0n) is 14.5. The maximum Gasteiger partial charge on any atom is 0.223 e. The third kappa shape index (κ3) is 3.47. The Balaban J connectivity index is 1.41. The van der Waals surface area contributed by atoms with Gasteiger partial charge in [0, 0.05) is 31.1 Å². The van der Waals surface area contributed by atoms with Gasteiger partial charge in [-0.1, -0.05) is 60.7 Å². The predicted octanol–water partition coefficient (Wildman–Crippen LogP) is 3.65. The third-order valence-electron chi connectivity index (χ3n) is 5.79. The first-order chi connectivity index (χ1) is 12.3. The van der Waals surface area contributed by atoms with Gasteiger partial charge in [0.15, 0.2) is 0 Å². The van der Waals surface area contributed by atoms with Gasteiger partial charge in [-0.2, -0.15) is 0 Å². The summed E-state index contributed by atoms with van der Waals surface area (Å²) in [6.07, 6.45) is 2.89. The number of nitrogens with one attached hydrogen (secondary N) is 1. The molecule has 2 atom stereocenters. The van der Waals surface area contributed by atoms with E-state index < -0.39 is 0 Å². The van der Waals surface area contributed by atoms with Crippen molar-refractivity contribution in [2.45, 2.75) is 30.6 Å². The van der Waals surface area contributed by atoms with Crippen molar-refractivity contribution in [3.8, 4) is 0 Å². The lowest BCUT2D eigenvalue weighted by atomic mass is 9.74.